The van der Waals surface area contributed by atoms with Crippen LogP contribution < -0.4 is 10.6 Å². The highest BCUT2D eigenvalue weighted by Gasteiger charge is 2.19. The minimum absolute atomic E-state index is 0.620. The lowest BCUT2D eigenvalue weighted by Gasteiger charge is -2.28. The molecule has 0 fully saturated rings. The quantitative estimate of drug-likeness (QED) is 0.696. The van der Waals surface area contributed by atoms with Crippen molar-refractivity contribution in [1.82, 2.24) is 19.7 Å². The molecule has 6 heteroatoms. The van der Waals surface area contributed by atoms with Gasteiger partial charge >= 0.3 is 0 Å². The summed E-state index contributed by atoms with van der Waals surface area (Å²) in [5, 5.41) is 6.66. The van der Waals surface area contributed by atoms with Gasteiger partial charge in [-0.25, -0.2) is 4.98 Å². The predicted molar refractivity (Wildman–Crippen MR) is 56.3 cm³/mol. The summed E-state index contributed by atoms with van der Waals surface area (Å²) in [6.07, 6.45) is 5.59. The number of H-pyrrole nitrogens is 1. The number of rotatable bonds is 1. The van der Waals surface area contributed by atoms with Gasteiger partial charge in [0, 0.05) is 25.5 Å². The maximum Gasteiger partial charge on any atom is 0.142 e. The van der Waals surface area contributed by atoms with Gasteiger partial charge in [0.05, 0.1) is 18.4 Å². The van der Waals surface area contributed by atoms with Crippen LogP contribution in [0.5, 0.6) is 0 Å². The molecule has 2 aromatic rings. The van der Waals surface area contributed by atoms with Crippen molar-refractivity contribution in [2.75, 3.05) is 17.2 Å². The Balaban J connectivity index is 1.90. The normalized spacial score (nSPS) is 15.3. The predicted octanol–water partition coefficient (Wildman–Crippen LogP) is 0.209. The number of aromatic amines is 1. The minimum Gasteiger partial charge on any atom is -0.382 e. The standard InChI is InChI=1S/C9H12N6/c10-9-7(5-12-13-9)15-4-3-14-2-1-11-8(14)6-15/h1-2,5H,3-4,6H2,(H3,10,12,13). The van der Waals surface area contributed by atoms with E-state index in [0.29, 0.717) is 5.82 Å². The summed E-state index contributed by atoms with van der Waals surface area (Å²) >= 11 is 0. The van der Waals surface area contributed by atoms with Crippen LogP contribution in [0, 0.1) is 0 Å². The number of hydrogen-bond donors (Lipinski definition) is 2. The Labute approximate surface area is 86.7 Å². The third-order valence-corrected chi connectivity index (χ3v) is 2.73. The maximum absolute atomic E-state index is 5.78. The van der Waals surface area contributed by atoms with E-state index < -0.39 is 0 Å². The number of hydrogen-bond acceptors (Lipinski definition) is 4. The second kappa shape index (κ2) is 3.01. The van der Waals surface area contributed by atoms with Crippen molar-refractivity contribution < 1.29 is 0 Å². The van der Waals surface area contributed by atoms with Gasteiger partial charge in [-0.1, -0.05) is 0 Å². The molecule has 0 aliphatic carbocycles. The molecule has 0 spiro atoms. The summed E-state index contributed by atoms with van der Waals surface area (Å²) in [7, 11) is 0. The van der Waals surface area contributed by atoms with Crippen LogP contribution in [0.25, 0.3) is 0 Å². The van der Waals surface area contributed by atoms with Gasteiger partial charge in [-0.3, -0.25) is 5.10 Å². The average Bonchev–Trinajstić information content (AvgIpc) is 2.84. The van der Waals surface area contributed by atoms with Gasteiger partial charge in [0.25, 0.3) is 0 Å². The van der Waals surface area contributed by atoms with Crippen molar-refractivity contribution in [1.29, 1.82) is 0 Å². The van der Waals surface area contributed by atoms with E-state index in [4.69, 9.17) is 5.73 Å². The molecule has 3 heterocycles. The van der Waals surface area contributed by atoms with E-state index in [1.807, 2.05) is 12.4 Å². The van der Waals surface area contributed by atoms with E-state index in [1.54, 1.807) is 6.20 Å². The van der Waals surface area contributed by atoms with E-state index in [1.165, 1.54) is 0 Å². The van der Waals surface area contributed by atoms with Crippen molar-refractivity contribution in [3.05, 3.63) is 24.4 Å². The number of anilines is 2. The molecule has 0 saturated heterocycles. The largest absolute Gasteiger partial charge is 0.382 e. The van der Waals surface area contributed by atoms with Crippen LogP contribution in [-0.2, 0) is 13.1 Å². The van der Waals surface area contributed by atoms with Crippen molar-refractivity contribution in [2.24, 2.45) is 0 Å². The molecule has 0 atom stereocenters. The highest BCUT2D eigenvalue weighted by molar-refractivity contribution is 5.62. The van der Waals surface area contributed by atoms with Crippen LogP contribution in [0.2, 0.25) is 0 Å². The van der Waals surface area contributed by atoms with E-state index in [9.17, 15) is 0 Å². The SMILES string of the molecule is Nc1[nH]ncc1N1CCn2ccnc2C1. The fourth-order valence-corrected chi connectivity index (χ4v) is 1.92. The van der Waals surface area contributed by atoms with Gasteiger partial charge in [0.2, 0.25) is 0 Å². The third kappa shape index (κ3) is 1.25. The molecule has 0 saturated carbocycles. The van der Waals surface area contributed by atoms with Gasteiger partial charge in [-0.05, 0) is 0 Å². The van der Waals surface area contributed by atoms with Crippen molar-refractivity contribution in [3.63, 3.8) is 0 Å². The van der Waals surface area contributed by atoms with Crippen LogP contribution in [0.3, 0.4) is 0 Å². The fraction of sp³-hybridized carbons (Fsp3) is 0.333. The number of imidazole rings is 1. The number of nitrogens with one attached hydrogen (secondary N) is 1. The number of nitrogen functional groups attached to an aromatic ring is 1. The molecule has 6 nitrogen and oxygen atoms in total. The number of nitrogens with two attached hydrogens (primary N) is 1. The summed E-state index contributed by atoms with van der Waals surface area (Å²) in [6.45, 7) is 2.67. The molecule has 0 aromatic carbocycles. The molecular formula is C9H12N6. The highest BCUT2D eigenvalue weighted by atomic mass is 15.3. The summed E-state index contributed by atoms with van der Waals surface area (Å²) < 4.78 is 2.16. The molecule has 0 bridgehead atoms. The van der Waals surface area contributed by atoms with E-state index in [2.05, 4.69) is 24.6 Å². The van der Waals surface area contributed by atoms with E-state index >= 15 is 0 Å². The lowest BCUT2D eigenvalue weighted by molar-refractivity contribution is 0.560. The average molecular weight is 204 g/mol. The Hall–Kier alpha value is -1.98. The van der Waals surface area contributed by atoms with Gasteiger partial charge in [-0.2, -0.15) is 5.10 Å². The van der Waals surface area contributed by atoms with Gasteiger partial charge in [-0.15, -0.1) is 0 Å². The first-order valence-corrected chi connectivity index (χ1v) is 4.88. The Morgan fingerprint density at radius 3 is 3.13 bits per heavy atom. The maximum atomic E-state index is 5.78. The summed E-state index contributed by atoms with van der Waals surface area (Å²) in [6, 6.07) is 0. The second-order valence-electron chi connectivity index (χ2n) is 3.63. The summed E-state index contributed by atoms with van der Waals surface area (Å²) in [4.78, 5) is 6.48. The fourth-order valence-electron chi connectivity index (χ4n) is 1.92. The van der Waals surface area contributed by atoms with Crippen LogP contribution in [-0.4, -0.2) is 26.3 Å². The summed E-state index contributed by atoms with van der Waals surface area (Å²) in [5.74, 6) is 1.69. The monoisotopic (exact) mass is 204 g/mol. The third-order valence-electron chi connectivity index (χ3n) is 2.73. The topological polar surface area (TPSA) is 75.8 Å². The van der Waals surface area contributed by atoms with Gasteiger partial charge in [0.15, 0.2) is 0 Å². The van der Waals surface area contributed by atoms with Crippen molar-refractivity contribution in [3.8, 4) is 0 Å². The molecule has 3 rings (SSSR count). The number of nitrogens with zero attached hydrogens (tertiary/aromatic N) is 4. The van der Waals surface area contributed by atoms with Crippen molar-refractivity contribution in [2.45, 2.75) is 13.1 Å². The first kappa shape index (κ1) is 8.34. The molecule has 1 aliphatic rings. The van der Waals surface area contributed by atoms with Crippen LogP contribution >= 0.6 is 0 Å². The first-order chi connectivity index (χ1) is 7.34. The Morgan fingerprint density at radius 1 is 1.40 bits per heavy atom. The zero-order chi connectivity index (χ0) is 10.3. The van der Waals surface area contributed by atoms with Crippen LogP contribution in [0.15, 0.2) is 18.6 Å². The molecule has 0 radical (unpaired) electrons. The van der Waals surface area contributed by atoms with Gasteiger partial charge in [0.1, 0.15) is 11.6 Å². The van der Waals surface area contributed by atoms with Crippen LogP contribution in [0.4, 0.5) is 11.5 Å². The van der Waals surface area contributed by atoms with Crippen LogP contribution in [0.1, 0.15) is 5.82 Å². The Morgan fingerprint density at radius 2 is 2.33 bits per heavy atom. The number of fused-ring (bicyclic) bond motifs is 1. The lowest BCUT2D eigenvalue weighted by atomic mass is 10.3. The Kier molecular flexibility index (Phi) is 1.67. The lowest BCUT2D eigenvalue weighted by Crippen LogP contribution is -2.33. The minimum atomic E-state index is 0.620. The molecule has 78 valence electrons. The molecule has 3 N–H and O–H groups in total. The Bertz CT molecular complexity index is 470. The zero-order valence-electron chi connectivity index (χ0n) is 8.22. The number of aromatic nitrogens is 4. The molecule has 0 amide bonds. The second-order valence-corrected chi connectivity index (χ2v) is 3.63. The highest BCUT2D eigenvalue weighted by Crippen LogP contribution is 2.23. The summed E-state index contributed by atoms with van der Waals surface area (Å²) in [5.41, 5.74) is 6.74. The van der Waals surface area contributed by atoms with E-state index in [-0.39, 0.29) is 0 Å². The molecular weight excluding hydrogens is 192 g/mol. The zero-order valence-corrected chi connectivity index (χ0v) is 8.22. The smallest absolute Gasteiger partial charge is 0.142 e. The van der Waals surface area contributed by atoms with E-state index in [0.717, 1.165) is 31.1 Å². The molecule has 0 unspecified atom stereocenters. The first-order valence-electron chi connectivity index (χ1n) is 4.88. The molecule has 2 aromatic heterocycles. The molecule has 15 heavy (non-hydrogen) atoms. The van der Waals surface area contributed by atoms with Crippen molar-refractivity contribution >= 4 is 11.5 Å². The van der Waals surface area contributed by atoms with Gasteiger partial charge < -0.3 is 15.2 Å². The molecule has 1 aliphatic heterocycles.